The Kier molecular flexibility index (Phi) is 5.16. The van der Waals surface area contributed by atoms with Gasteiger partial charge in [0.05, 0.1) is 11.6 Å². The number of carbonyl (C=O) groups excluding carboxylic acids is 2. The number of anilines is 1. The highest BCUT2D eigenvalue weighted by Crippen LogP contribution is 2.23. The van der Waals surface area contributed by atoms with Gasteiger partial charge in [0.2, 0.25) is 0 Å². The van der Waals surface area contributed by atoms with Gasteiger partial charge in [-0.05, 0) is 36.8 Å². The number of nitrogens with one attached hydrogen (secondary N) is 2. The molecule has 8 heteroatoms. The summed E-state index contributed by atoms with van der Waals surface area (Å²) in [6.07, 6.45) is 0. The number of nitrogens with zero attached hydrogens (tertiary/aromatic N) is 1. The summed E-state index contributed by atoms with van der Waals surface area (Å²) in [5.74, 6) is -0.736. The van der Waals surface area contributed by atoms with Gasteiger partial charge in [-0.1, -0.05) is 29.4 Å². The predicted octanol–water partition coefficient (Wildman–Crippen LogP) is 3.46. The summed E-state index contributed by atoms with van der Waals surface area (Å²) in [5.41, 5.74) is 6.71. The van der Waals surface area contributed by atoms with Crippen molar-refractivity contribution in [2.45, 2.75) is 13.0 Å². The van der Waals surface area contributed by atoms with Crippen LogP contribution in [-0.2, 0) is 0 Å². The van der Waals surface area contributed by atoms with Crippen molar-refractivity contribution in [2.75, 3.05) is 5.32 Å². The van der Waals surface area contributed by atoms with Crippen molar-refractivity contribution in [1.82, 2.24) is 10.5 Å². The van der Waals surface area contributed by atoms with Crippen LogP contribution < -0.4 is 16.4 Å². The molecule has 3 rings (SSSR count). The number of benzene rings is 2. The third-order valence-corrected chi connectivity index (χ3v) is 3.91. The van der Waals surface area contributed by atoms with Gasteiger partial charge in [0.1, 0.15) is 5.82 Å². The van der Waals surface area contributed by atoms with Crippen molar-refractivity contribution in [2.24, 2.45) is 5.73 Å². The molecule has 0 saturated heterocycles. The van der Waals surface area contributed by atoms with E-state index in [0.29, 0.717) is 5.69 Å². The predicted molar refractivity (Wildman–Crippen MR) is 97.4 cm³/mol. The molecule has 0 aliphatic heterocycles. The number of halogens is 1. The molecular formula is C19H17FN4O3. The van der Waals surface area contributed by atoms with Crippen molar-refractivity contribution in [3.8, 4) is 11.3 Å². The van der Waals surface area contributed by atoms with Crippen LogP contribution in [0.25, 0.3) is 11.3 Å². The van der Waals surface area contributed by atoms with Gasteiger partial charge in [-0.2, -0.15) is 0 Å². The van der Waals surface area contributed by atoms with Gasteiger partial charge in [-0.25, -0.2) is 9.18 Å². The molecule has 2 aromatic carbocycles. The quantitative estimate of drug-likeness (QED) is 0.640. The van der Waals surface area contributed by atoms with E-state index >= 15 is 0 Å². The molecule has 4 N–H and O–H groups in total. The van der Waals surface area contributed by atoms with E-state index in [-0.39, 0.29) is 23.1 Å². The van der Waals surface area contributed by atoms with Crippen molar-refractivity contribution >= 4 is 17.6 Å². The summed E-state index contributed by atoms with van der Waals surface area (Å²) in [7, 11) is 0. The number of hydrogen-bond donors (Lipinski definition) is 3. The minimum atomic E-state index is -0.652. The summed E-state index contributed by atoms with van der Waals surface area (Å²) >= 11 is 0. The van der Waals surface area contributed by atoms with Crippen LogP contribution in [0.1, 0.15) is 29.0 Å². The molecule has 0 radical (unpaired) electrons. The number of rotatable bonds is 5. The van der Waals surface area contributed by atoms with Gasteiger partial charge in [-0.15, -0.1) is 0 Å². The second-order valence-electron chi connectivity index (χ2n) is 5.86. The molecule has 0 spiro atoms. The fourth-order valence-corrected chi connectivity index (χ4v) is 2.52. The molecule has 0 aliphatic rings. The van der Waals surface area contributed by atoms with Crippen LogP contribution in [0, 0.1) is 5.82 Å². The maximum absolute atomic E-state index is 13.8. The molecule has 0 aliphatic carbocycles. The molecule has 1 heterocycles. The van der Waals surface area contributed by atoms with E-state index in [9.17, 15) is 14.0 Å². The molecular weight excluding hydrogens is 351 g/mol. The van der Waals surface area contributed by atoms with Gasteiger partial charge in [0.25, 0.3) is 5.91 Å². The Morgan fingerprint density at radius 2 is 1.85 bits per heavy atom. The van der Waals surface area contributed by atoms with Crippen LogP contribution in [0.15, 0.2) is 59.1 Å². The van der Waals surface area contributed by atoms with Crippen LogP contribution >= 0.6 is 0 Å². The lowest BCUT2D eigenvalue weighted by Crippen LogP contribution is -2.26. The molecule has 3 amide bonds. The summed E-state index contributed by atoms with van der Waals surface area (Å²) in [4.78, 5) is 23.2. The zero-order chi connectivity index (χ0) is 19.4. The second kappa shape index (κ2) is 7.69. The van der Waals surface area contributed by atoms with E-state index in [4.69, 9.17) is 10.3 Å². The topological polar surface area (TPSA) is 110 Å². The highest BCUT2D eigenvalue weighted by atomic mass is 19.1. The highest BCUT2D eigenvalue weighted by molar-refractivity contribution is 5.93. The van der Waals surface area contributed by atoms with Crippen LogP contribution in [0.4, 0.5) is 14.9 Å². The van der Waals surface area contributed by atoms with Gasteiger partial charge in [-0.3, -0.25) is 4.79 Å². The first-order valence-corrected chi connectivity index (χ1v) is 8.13. The van der Waals surface area contributed by atoms with E-state index < -0.39 is 17.8 Å². The zero-order valence-electron chi connectivity index (χ0n) is 14.4. The van der Waals surface area contributed by atoms with Crippen molar-refractivity contribution in [1.29, 1.82) is 0 Å². The Hall–Kier alpha value is -3.68. The largest absolute Gasteiger partial charge is 0.355 e. The molecule has 1 unspecified atom stereocenters. The first-order valence-electron chi connectivity index (χ1n) is 8.13. The van der Waals surface area contributed by atoms with Crippen LogP contribution in [-0.4, -0.2) is 17.1 Å². The summed E-state index contributed by atoms with van der Waals surface area (Å²) in [6.45, 7) is 1.80. The Morgan fingerprint density at radius 1 is 1.15 bits per heavy atom. The Morgan fingerprint density at radius 3 is 2.52 bits per heavy atom. The van der Waals surface area contributed by atoms with Crippen molar-refractivity contribution < 1.29 is 18.5 Å². The average Bonchev–Trinajstić information content (AvgIpc) is 3.12. The minimum absolute atomic E-state index is 0.0483. The van der Waals surface area contributed by atoms with Crippen LogP contribution in [0.5, 0.6) is 0 Å². The van der Waals surface area contributed by atoms with Gasteiger partial charge in [0, 0.05) is 11.8 Å². The molecule has 1 atom stereocenters. The second-order valence-corrected chi connectivity index (χ2v) is 5.86. The third kappa shape index (κ3) is 4.30. The van der Waals surface area contributed by atoms with E-state index in [1.165, 1.54) is 12.1 Å². The summed E-state index contributed by atoms with van der Waals surface area (Å²) < 4.78 is 18.9. The van der Waals surface area contributed by atoms with E-state index in [0.717, 1.165) is 5.56 Å². The monoisotopic (exact) mass is 368 g/mol. The van der Waals surface area contributed by atoms with E-state index in [1.54, 1.807) is 49.4 Å². The van der Waals surface area contributed by atoms with Crippen LogP contribution in [0.2, 0.25) is 0 Å². The van der Waals surface area contributed by atoms with E-state index in [1.807, 2.05) is 0 Å². The minimum Gasteiger partial charge on any atom is -0.355 e. The molecule has 138 valence electrons. The number of amides is 3. The smallest absolute Gasteiger partial charge is 0.316 e. The summed E-state index contributed by atoms with van der Waals surface area (Å²) in [6, 6.07) is 13.3. The number of urea groups is 1. The Bertz CT molecular complexity index is 969. The SMILES string of the molecule is CC(NC(=O)c1cc(-c2ccccc2F)on1)c1ccc(NC(N)=O)cc1. The highest BCUT2D eigenvalue weighted by Gasteiger charge is 2.18. The Balaban J connectivity index is 1.68. The molecule has 3 aromatic rings. The van der Waals surface area contributed by atoms with Crippen LogP contribution in [0.3, 0.4) is 0 Å². The zero-order valence-corrected chi connectivity index (χ0v) is 14.4. The molecule has 7 nitrogen and oxygen atoms in total. The first-order chi connectivity index (χ1) is 12.9. The lowest BCUT2D eigenvalue weighted by Gasteiger charge is -2.13. The number of aromatic nitrogens is 1. The summed E-state index contributed by atoms with van der Waals surface area (Å²) in [5, 5.41) is 8.96. The lowest BCUT2D eigenvalue weighted by molar-refractivity contribution is 0.0931. The maximum Gasteiger partial charge on any atom is 0.316 e. The van der Waals surface area contributed by atoms with E-state index in [2.05, 4.69) is 15.8 Å². The normalized spacial score (nSPS) is 11.6. The van der Waals surface area contributed by atoms with Gasteiger partial charge >= 0.3 is 6.03 Å². The maximum atomic E-state index is 13.8. The number of primary amides is 1. The van der Waals surface area contributed by atoms with Gasteiger partial charge in [0.15, 0.2) is 11.5 Å². The first kappa shape index (κ1) is 18.1. The molecule has 0 bridgehead atoms. The fraction of sp³-hybridized carbons (Fsp3) is 0.105. The van der Waals surface area contributed by atoms with Crippen molar-refractivity contribution in [3.63, 3.8) is 0 Å². The molecule has 27 heavy (non-hydrogen) atoms. The fourth-order valence-electron chi connectivity index (χ4n) is 2.52. The van der Waals surface area contributed by atoms with Crippen molar-refractivity contribution in [3.05, 3.63) is 71.7 Å². The molecule has 0 fully saturated rings. The standard InChI is InChI=1S/C19H17FN4O3/c1-11(12-6-8-13(9-7-12)23-19(21)26)22-18(25)16-10-17(27-24-16)14-4-2-3-5-15(14)20/h2-11H,1H3,(H,22,25)(H3,21,23,26). The lowest BCUT2D eigenvalue weighted by atomic mass is 10.1. The molecule has 0 saturated carbocycles. The average molecular weight is 368 g/mol. The van der Waals surface area contributed by atoms with Gasteiger partial charge < -0.3 is 20.9 Å². The number of nitrogens with two attached hydrogens (primary N) is 1. The third-order valence-electron chi connectivity index (χ3n) is 3.91. The molecule has 1 aromatic heterocycles. The Labute approximate surface area is 154 Å². The number of carbonyl (C=O) groups is 2. The number of hydrogen-bond acceptors (Lipinski definition) is 4.